The summed E-state index contributed by atoms with van der Waals surface area (Å²) in [6.07, 6.45) is 0. The molecule has 1 aromatic rings. The fourth-order valence-corrected chi connectivity index (χ4v) is 1.68. The van der Waals surface area contributed by atoms with Crippen molar-refractivity contribution >= 4 is 11.4 Å². The summed E-state index contributed by atoms with van der Waals surface area (Å²) in [6.45, 7) is 5.10. The lowest BCUT2D eigenvalue weighted by molar-refractivity contribution is 0.687. The maximum atomic E-state index is 5.92. The van der Waals surface area contributed by atoms with Crippen LogP contribution in [0.15, 0.2) is 29.3 Å². The van der Waals surface area contributed by atoms with Crippen LogP contribution in [-0.2, 0) is 0 Å². The number of nitrogens with one attached hydrogen (secondary N) is 1. The number of nitrogen functional groups attached to an aromatic ring is 1. The van der Waals surface area contributed by atoms with Gasteiger partial charge in [-0.3, -0.25) is 4.99 Å². The molecule has 0 saturated carbocycles. The highest BCUT2D eigenvalue weighted by atomic mass is 14.9. The number of aliphatic imine (C=N–C) groups is 1. The van der Waals surface area contributed by atoms with Crippen LogP contribution < -0.4 is 11.1 Å². The first-order valence-electron chi connectivity index (χ1n) is 5.25. The Morgan fingerprint density at radius 2 is 2.13 bits per heavy atom. The molecule has 3 nitrogen and oxygen atoms in total. The van der Waals surface area contributed by atoms with Crippen molar-refractivity contribution in [3.05, 3.63) is 29.8 Å². The van der Waals surface area contributed by atoms with Crippen molar-refractivity contribution in [1.82, 2.24) is 5.32 Å². The zero-order chi connectivity index (χ0) is 11.3. The lowest BCUT2D eigenvalue weighted by atomic mass is 10.0. The van der Waals surface area contributed by atoms with Crippen molar-refractivity contribution in [3.8, 4) is 0 Å². The molecule has 15 heavy (non-hydrogen) atoms. The molecule has 0 spiro atoms. The average Bonchev–Trinajstić information content (AvgIpc) is 2.22. The molecule has 0 unspecified atom stereocenters. The number of anilines is 1. The highest BCUT2D eigenvalue weighted by Gasteiger charge is 2.12. The summed E-state index contributed by atoms with van der Waals surface area (Å²) in [5.41, 5.74) is 8.73. The summed E-state index contributed by atoms with van der Waals surface area (Å²) in [7, 11) is 1.80. The molecule has 0 aromatic heterocycles. The van der Waals surface area contributed by atoms with E-state index in [0.717, 1.165) is 23.5 Å². The Hall–Kier alpha value is -1.35. The third-order valence-corrected chi connectivity index (χ3v) is 2.40. The van der Waals surface area contributed by atoms with Gasteiger partial charge in [-0.05, 0) is 19.5 Å². The van der Waals surface area contributed by atoms with Crippen molar-refractivity contribution in [1.29, 1.82) is 0 Å². The monoisotopic (exact) mass is 205 g/mol. The van der Waals surface area contributed by atoms with Crippen LogP contribution >= 0.6 is 0 Å². The summed E-state index contributed by atoms with van der Waals surface area (Å²) in [4.78, 5) is 4.31. The van der Waals surface area contributed by atoms with Crippen LogP contribution in [0.25, 0.3) is 0 Å². The summed E-state index contributed by atoms with van der Waals surface area (Å²) >= 11 is 0. The van der Waals surface area contributed by atoms with E-state index in [0.29, 0.717) is 0 Å². The third kappa shape index (κ3) is 2.80. The molecule has 0 saturated heterocycles. The quantitative estimate of drug-likeness (QED) is 0.580. The van der Waals surface area contributed by atoms with Crippen LogP contribution in [0, 0.1) is 0 Å². The molecule has 0 bridgehead atoms. The highest BCUT2D eigenvalue weighted by Crippen LogP contribution is 2.13. The smallest absolute Gasteiger partial charge is 0.0604 e. The van der Waals surface area contributed by atoms with Crippen LogP contribution in [0.1, 0.15) is 19.4 Å². The maximum absolute atomic E-state index is 5.92. The lowest BCUT2D eigenvalue weighted by Gasteiger charge is -2.16. The van der Waals surface area contributed by atoms with E-state index in [1.165, 1.54) is 0 Å². The Morgan fingerprint density at radius 3 is 2.67 bits per heavy atom. The topological polar surface area (TPSA) is 50.4 Å². The lowest BCUT2D eigenvalue weighted by Crippen LogP contribution is -2.34. The molecule has 0 fully saturated rings. The van der Waals surface area contributed by atoms with E-state index < -0.39 is 0 Å². The Kier molecular flexibility index (Phi) is 4.31. The van der Waals surface area contributed by atoms with E-state index in [9.17, 15) is 0 Å². The van der Waals surface area contributed by atoms with Crippen molar-refractivity contribution in [2.45, 2.75) is 19.9 Å². The van der Waals surface area contributed by atoms with E-state index in [2.05, 4.69) is 24.2 Å². The van der Waals surface area contributed by atoms with Crippen LogP contribution in [0.4, 0.5) is 5.69 Å². The van der Waals surface area contributed by atoms with Gasteiger partial charge in [0.05, 0.1) is 5.71 Å². The second-order valence-electron chi connectivity index (χ2n) is 3.48. The molecule has 0 heterocycles. The number of benzene rings is 1. The molecule has 0 aliphatic rings. The molecule has 0 aliphatic carbocycles. The minimum absolute atomic E-state index is 0.227. The zero-order valence-electron chi connectivity index (χ0n) is 9.62. The summed E-state index contributed by atoms with van der Waals surface area (Å²) < 4.78 is 0. The standard InChI is InChI=1S/C12H19N3/c1-4-15-9(2)12(14-3)10-7-5-6-8-11(10)13/h5-9,15H,4,13H2,1-3H3/t9-/m1/s1. The van der Waals surface area contributed by atoms with Gasteiger partial charge < -0.3 is 11.1 Å². The Balaban J connectivity index is 2.99. The van der Waals surface area contributed by atoms with Crippen LogP contribution in [-0.4, -0.2) is 25.3 Å². The van der Waals surface area contributed by atoms with Crippen LogP contribution in [0.2, 0.25) is 0 Å². The van der Waals surface area contributed by atoms with Gasteiger partial charge in [-0.2, -0.15) is 0 Å². The van der Waals surface area contributed by atoms with E-state index in [4.69, 9.17) is 5.73 Å². The molecular weight excluding hydrogens is 186 g/mol. The molecule has 82 valence electrons. The van der Waals surface area contributed by atoms with Crippen LogP contribution in [0.3, 0.4) is 0 Å². The molecule has 1 aromatic carbocycles. The van der Waals surface area contributed by atoms with Gasteiger partial charge in [0.2, 0.25) is 0 Å². The first-order valence-corrected chi connectivity index (χ1v) is 5.25. The minimum Gasteiger partial charge on any atom is -0.398 e. The fraction of sp³-hybridized carbons (Fsp3) is 0.417. The van der Waals surface area contributed by atoms with E-state index in [-0.39, 0.29) is 6.04 Å². The SMILES string of the molecule is CCN[C@H](C)C(=NC)c1ccccc1N. The largest absolute Gasteiger partial charge is 0.398 e. The van der Waals surface area contributed by atoms with Gasteiger partial charge in [0.15, 0.2) is 0 Å². The normalized spacial score (nSPS) is 13.9. The van der Waals surface area contributed by atoms with Crippen molar-refractivity contribution in [2.75, 3.05) is 19.3 Å². The number of nitrogens with zero attached hydrogens (tertiary/aromatic N) is 1. The fourth-order valence-electron chi connectivity index (χ4n) is 1.68. The molecule has 3 heteroatoms. The minimum atomic E-state index is 0.227. The number of hydrogen-bond donors (Lipinski definition) is 2. The summed E-state index contributed by atoms with van der Waals surface area (Å²) in [5, 5.41) is 3.34. The van der Waals surface area contributed by atoms with Crippen molar-refractivity contribution in [2.24, 2.45) is 4.99 Å². The molecule has 0 radical (unpaired) electrons. The predicted molar refractivity (Wildman–Crippen MR) is 66.5 cm³/mol. The molecule has 1 atom stereocenters. The third-order valence-electron chi connectivity index (χ3n) is 2.40. The molecule has 1 rings (SSSR count). The summed E-state index contributed by atoms with van der Waals surface area (Å²) in [5.74, 6) is 0. The number of rotatable bonds is 4. The first kappa shape index (κ1) is 11.7. The highest BCUT2D eigenvalue weighted by molar-refractivity contribution is 6.07. The maximum Gasteiger partial charge on any atom is 0.0604 e. The molecular formula is C12H19N3. The molecule has 3 N–H and O–H groups in total. The van der Waals surface area contributed by atoms with Crippen LogP contribution in [0.5, 0.6) is 0 Å². The van der Waals surface area contributed by atoms with E-state index in [1.54, 1.807) is 7.05 Å². The van der Waals surface area contributed by atoms with E-state index >= 15 is 0 Å². The Labute approximate surface area is 91.4 Å². The molecule has 0 amide bonds. The van der Waals surface area contributed by atoms with Crippen molar-refractivity contribution < 1.29 is 0 Å². The van der Waals surface area contributed by atoms with Crippen molar-refractivity contribution in [3.63, 3.8) is 0 Å². The number of para-hydroxylation sites is 1. The number of likely N-dealkylation sites (N-methyl/N-ethyl adjacent to an activating group) is 1. The number of nitrogens with two attached hydrogens (primary N) is 1. The van der Waals surface area contributed by atoms with Gasteiger partial charge in [0, 0.05) is 24.3 Å². The van der Waals surface area contributed by atoms with Gasteiger partial charge in [0.25, 0.3) is 0 Å². The Bertz CT molecular complexity index is 344. The van der Waals surface area contributed by atoms with Gasteiger partial charge in [-0.25, -0.2) is 0 Å². The summed E-state index contributed by atoms with van der Waals surface area (Å²) in [6, 6.07) is 8.05. The second kappa shape index (κ2) is 5.51. The Morgan fingerprint density at radius 1 is 1.47 bits per heavy atom. The molecule has 0 aliphatic heterocycles. The van der Waals surface area contributed by atoms with Gasteiger partial charge in [-0.1, -0.05) is 25.1 Å². The second-order valence-corrected chi connectivity index (χ2v) is 3.48. The average molecular weight is 205 g/mol. The van der Waals surface area contributed by atoms with E-state index in [1.807, 2.05) is 24.3 Å². The zero-order valence-corrected chi connectivity index (χ0v) is 9.62. The van der Waals surface area contributed by atoms with Gasteiger partial charge in [0.1, 0.15) is 0 Å². The predicted octanol–water partition coefficient (Wildman–Crippen LogP) is 1.69. The first-order chi connectivity index (χ1) is 7.20. The number of hydrogen-bond acceptors (Lipinski definition) is 3. The van der Waals surface area contributed by atoms with Gasteiger partial charge >= 0.3 is 0 Å². The van der Waals surface area contributed by atoms with Gasteiger partial charge in [-0.15, -0.1) is 0 Å².